The summed E-state index contributed by atoms with van der Waals surface area (Å²) in [6, 6.07) is 10.6. The molecule has 2 nitrogen and oxygen atoms in total. The van der Waals surface area contributed by atoms with Crippen molar-refractivity contribution in [1.29, 1.82) is 0 Å². The Labute approximate surface area is 129 Å². The van der Waals surface area contributed by atoms with Gasteiger partial charge in [0.25, 0.3) is 6.43 Å². The van der Waals surface area contributed by atoms with E-state index in [2.05, 4.69) is 5.16 Å². The minimum absolute atomic E-state index is 0.0840. The molecule has 0 aliphatic carbocycles. The van der Waals surface area contributed by atoms with Crippen LogP contribution in [0.15, 0.2) is 53.7 Å². The van der Waals surface area contributed by atoms with Gasteiger partial charge in [-0.25, -0.2) is 8.78 Å². The summed E-state index contributed by atoms with van der Waals surface area (Å²) in [6.07, 6.45) is -6.12. The molecule has 2 aromatic carbocycles. The van der Waals surface area contributed by atoms with E-state index in [4.69, 9.17) is 4.84 Å². The molecule has 23 heavy (non-hydrogen) atoms. The van der Waals surface area contributed by atoms with Gasteiger partial charge in [-0.05, 0) is 6.07 Å². The summed E-state index contributed by atoms with van der Waals surface area (Å²) in [7, 11) is 0. The van der Waals surface area contributed by atoms with E-state index in [0.29, 0.717) is 0 Å². The monoisotopic (exact) mass is 329 g/mol. The van der Waals surface area contributed by atoms with Crippen LogP contribution in [-0.4, -0.2) is 6.21 Å². The first-order chi connectivity index (χ1) is 10.9. The first kappa shape index (κ1) is 16.9. The number of alkyl halides is 5. The average Bonchev–Trinajstić information content (AvgIpc) is 2.51. The maximum absolute atomic E-state index is 12.8. The van der Waals surface area contributed by atoms with Crippen molar-refractivity contribution in [1.82, 2.24) is 0 Å². The Kier molecular flexibility index (Phi) is 5.31. The Morgan fingerprint density at radius 3 is 2.35 bits per heavy atom. The van der Waals surface area contributed by atoms with Gasteiger partial charge in [-0.1, -0.05) is 47.6 Å². The lowest BCUT2D eigenvalue weighted by Gasteiger charge is -2.11. The van der Waals surface area contributed by atoms with Gasteiger partial charge in [0.2, 0.25) is 0 Å². The van der Waals surface area contributed by atoms with Gasteiger partial charge in [-0.3, -0.25) is 0 Å². The molecule has 2 rings (SSSR count). The third-order valence-electron chi connectivity index (χ3n) is 3.04. The van der Waals surface area contributed by atoms with Gasteiger partial charge < -0.3 is 4.84 Å². The molecule has 0 unspecified atom stereocenters. The third kappa shape index (κ3) is 4.51. The van der Waals surface area contributed by atoms with E-state index >= 15 is 0 Å². The maximum atomic E-state index is 12.8. The fourth-order valence-electron chi connectivity index (χ4n) is 1.95. The molecule has 0 N–H and O–H groups in total. The van der Waals surface area contributed by atoms with Crippen molar-refractivity contribution >= 4 is 6.21 Å². The second kappa shape index (κ2) is 7.21. The van der Waals surface area contributed by atoms with E-state index in [1.54, 1.807) is 6.07 Å². The van der Waals surface area contributed by atoms with Crippen LogP contribution < -0.4 is 0 Å². The van der Waals surface area contributed by atoms with E-state index in [1.807, 2.05) is 0 Å². The Hall–Kier alpha value is -2.44. The molecule has 0 saturated carbocycles. The Morgan fingerprint density at radius 1 is 1.00 bits per heavy atom. The average molecular weight is 329 g/mol. The Balaban J connectivity index is 2.07. The number of nitrogens with zero attached hydrogens (tertiary/aromatic N) is 1. The summed E-state index contributed by atoms with van der Waals surface area (Å²) in [6.45, 7) is -0.414. The van der Waals surface area contributed by atoms with Gasteiger partial charge in [0.1, 0.15) is 6.61 Å². The van der Waals surface area contributed by atoms with Crippen molar-refractivity contribution in [2.24, 2.45) is 5.16 Å². The SMILES string of the molecule is FC(F)c1ccccc1C=NOCc1ccccc1C(F)(F)F. The predicted octanol–water partition coefficient (Wildman–Crippen LogP) is 5.19. The Morgan fingerprint density at radius 2 is 1.65 bits per heavy atom. The lowest BCUT2D eigenvalue weighted by Crippen LogP contribution is -2.09. The smallest absolute Gasteiger partial charge is 0.391 e. The van der Waals surface area contributed by atoms with Gasteiger partial charge in [-0.2, -0.15) is 13.2 Å². The number of hydrogen-bond acceptors (Lipinski definition) is 2. The van der Waals surface area contributed by atoms with E-state index in [9.17, 15) is 22.0 Å². The minimum atomic E-state index is -4.49. The molecular weight excluding hydrogens is 317 g/mol. The number of hydrogen-bond donors (Lipinski definition) is 0. The maximum Gasteiger partial charge on any atom is 0.416 e. The lowest BCUT2D eigenvalue weighted by atomic mass is 10.1. The molecule has 7 heteroatoms. The van der Waals surface area contributed by atoms with Crippen molar-refractivity contribution in [3.63, 3.8) is 0 Å². The molecule has 0 aromatic heterocycles. The van der Waals surface area contributed by atoms with Crippen molar-refractivity contribution in [3.8, 4) is 0 Å². The molecule has 0 atom stereocenters. The molecule has 122 valence electrons. The van der Waals surface area contributed by atoms with Gasteiger partial charge in [0.05, 0.1) is 11.8 Å². The van der Waals surface area contributed by atoms with Crippen LogP contribution in [0.2, 0.25) is 0 Å². The molecule has 0 aliphatic rings. The summed E-state index contributed by atoms with van der Waals surface area (Å²) < 4.78 is 63.9. The summed E-state index contributed by atoms with van der Waals surface area (Å²) >= 11 is 0. The first-order valence-electron chi connectivity index (χ1n) is 6.57. The lowest BCUT2D eigenvalue weighted by molar-refractivity contribution is -0.138. The highest BCUT2D eigenvalue weighted by Gasteiger charge is 2.32. The molecule has 0 radical (unpaired) electrons. The predicted molar refractivity (Wildman–Crippen MR) is 75.2 cm³/mol. The summed E-state index contributed by atoms with van der Waals surface area (Å²) in [4.78, 5) is 4.82. The van der Waals surface area contributed by atoms with Crippen LogP contribution in [0.25, 0.3) is 0 Å². The molecule has 0 amide bonds. The fourth-order valence-corrected chi connectivity index (χ4v) is 1.95. The molecule has 0 aliphatic heterocycles. The van der Waals surface area contributed by atoms with Crippen LogP contribution in [0.3, 0.4) is 0 Å². The molecular formula is C16H12F5NO. The molecule has 2 aromatic rings. The van der Waals surface area contributed by atoms with Crippen LogP contribution >= 0.6 is 0 Å². The molecule has 0 fully saturated rings. The summed E-state index contributed by atoms with van der Waals surface area (Å²) in [5, 5.41) is 3.48. The van der Waals surface area contributed by atoms with Crippen LogP contribution in [0.4, 0.5) is 22.0 Å². The number of oxime groups is 1. The largest absolute Gasteiger partial charge is 0.416 e. The first-order valence-corrected chi connectivity index (χ1v) is 6.57. The molecule has 0 heterocycles. The molecule has 0 spiro atoms. The molecule has 0 saturated heterocycles. The number of rotatable bonds is 5. The zero-order valence-corrected chi connectivity index (χ0v) is 11.7. The van der Waals surface area contributed by atoms with Crippen LogP contribution in [-0.2, 0) is 17.6 Å². The van der Waals surface area contributed by atoms with Gasteiger partial charge in [0, 0.05) is 16.7 Å². The molecule has 0 bridgehead atoms. The normalized spacial score (nSPS) is 12.1. The zero-order valence-electron chi connectivity index (χ0n) is 11.7. The third-order valence-corrected chi connectivity index (χ3v) is 3.04. The topological polar surface area (TPSA) is 21.6 Å². The number of halogens is 5. The highest BCUT2D eigenvalue weighted by Crippen LogP contribution is 2.32. The van der Waals surface area contributed by atoms with Crippen molar-refractivity contribution in [2.45, 2.75) is 19.2 Å². The van der Waals surface area contributed by atoms with Crippen molar-refractivity contribution < 1.29 is 26.8 Å². The highest BCUT2D eigenvalue weighted by molar-refractivity contribution is 5.81. The van der Waals surface area contributed by atoms with Crippen LogP contribution in [0, 0.1) is 0 Å². The quantitative estimate of drug-likeness (QED) is 0.420. The van der Waals surface area contributed by atoms with Crippen molar-refractivity contribution in [2.75, 3.05) is 0 Å². The van der Waals surface area contributed by atoms with Crippen molar-refractivity contribution in [3.05, 3.63) is 70.8 Å². The second-order valence-electron chi connectivity index (χ2n) is 4.59. The van der Waals surface area contributed by atoms with Gasteiger partial charge >= 0.3 is 6.18 Å². The highest BCUT2D eigenvalue weighted by atomic mass is 19.4. The second-order valence-corrected chi connectivity index (χ2v) is 4.59. The van der Waals surface area contributed by atoms with E-state index in [0.717, 1.165) is 12.3 Å². The van der Waals surface area contributed by atoms with Crippen LogP contribution in [0.1, 0.15) is 28.7 Å². The van der Waals surface area contributed by atoms with E-state index in [-0.39, 0.29) is 16.7 Å². The van der Waals surface area contributed by atoms with Crippen LogP contribution in [0.5, 0.6) is 0 Å². The van der Waals surface area contributed by atoms with E-state index in [1.165, 1.54) is 36.4 Å². The van der Waals surface area contributed by atoms with E-state index < -0.39 is 24.8 Å². The number of benzene rings is 2. The standard InChI is InChI=1S/C16H12F5NO/c17-15(18)13-7-3-1-5-11(13)9-22-23-10-12-6-2-4-8-14(12)16(19,20)21/h1-9,15H,10H2. The van der Waals surface area contributed by atoms with Gasteiger partial charge in [0.15, 0.2) is 0 Å². The summed E-state index contributed by atoms with van der Waals surface area (Å²) in [5.74, 6) is 0. The fraction of sp³-hybridized carbons (Fsp3) is 0.188. The minimum Gasteiger partial charge on any atom is -0.391 e. The van der Waals surface area contributed by atoms with Gasteiger partial charge in [-0.15, -0.1) is 0 Å². The Bertz CT molecular complexity index is 682. The summed E-state index contributed by atoms with van der Waals surface area (Å²) in [5.41, 5.74) is -0.982. The zero-order chi connectivity index (χ0) is 16.9.